The van der Waals surface area contributed by atoms with E-state index in [1.165, 1.54) is 18.3 Å². The minimum absolute atomic E-state index is 0.158. The molecule has 144 valence electrons. The Kier molecular flexibility index (Phi) is 5.74. The van der Waals surface area contributed by atoms with Gasteiger partial charge in [-0.1, -0.05) is 6.07 Å². The highest BCUT2D eigenvalue weighted by atomic mass is 19.1. The number of nitrogens with one attached hydrogen (secondary N) is 2. The Hall–Kier alpha value is -3.61. The number of methoxy groups -OCH3 is 1. The van der Waals surface area contributed by atoms with Gasteiger partial charge in [0.1, 0.15) is 23.9 Å². The third-order valence-electron chi connectivity index (χ3n) is 4.08. The Morgan fingerprint density at radius 2 is 1.89 bits per heavy atom. The van der Waals surface area contributed by atoms with Gasteiger partial charge >= 0.3 is 0 Å². The van der Waals surface area contributed by atoms with Crippen LogP contribution in [-0.2, 0) is 6.67 Å². The number of alkyl halides is 1. The number of carbonyl (C=O) groups excluding carboxylic acids is 1. The normalized spacial score (nSPS) is 10.4. The SMILES string of the molecule is COc1ccc(Oc2ccc(CF)cc2C(=O)Nc2cc[nH]c(=O)c2)c(C)c1. The van der Waals surface area contributed by atoms with Gasteiger partial charge in [-0.2, -0.15) is 0 Å². The largest absolute Gasteiger partial charge is 0.497 e. The molecule has 1 heterocycles. The van der Waals surface area contributed by atoms with Crippen molar-refractivity contribution >= 4 is 11.6 Å². The predicted molar refractivity (Wildman–Crippen MR) is 104 cm³/mol. The number of pyridine rings is 1. The number of rotatable bonds is 6. The summed E-state index contributed by atoms with van der Waals surface area (Å²) in [6.07, 6.45) is 1.42. The lowest BCUT2D eigenvalue weighted by Crippen LogP contribution is -2.15. The fourth-order valence-electron chi connectivity index (χ4n) is 2.63. The first-order chi connectivity index (χ1) is 13.5. The van der Waals surface area contributed by atoms with E-state index in [1.54, 1.807) is 43.5 Å². The van der Waals surface area contributed by atoms with Crippen LogP contribution >= 0.6 is 0 Å². The molecule has 0 spiro atoms. The number of aromatic nitrogens is 1. The van der Waals surface area contributed by atoms with Gasteiger partial charge in [0.2, 0.25) is 5.56 Å². The average Bonchev–Trinajstić information content (AvgIpc) is 2.69. The molecule has 3 rings (SSSR count). The van der Waals surface area contributed by atoms with Gasteiger partial charge in [-0.05, 0) is 54.4 Å². The van der Waals surface area contributed by atoms with E-state index in [4.69, 9.17) is 9.47 Å². The summed E-state index contributed by atoms with van der Waals surface area (Å²) in [5.74, 6) is 0.985. The molecule has 7 heteroatoms. The molecule has 0 aliphatic heterocycles. The minimum Gasteiger partial charge on any atom is -0.497 e. The number of aryl methyl sites for hydroxylation is 1. The standard InChI is InChI=1S/C21H19FN2O4/c1-13-9-16(27-2)4-6-18(13)28-19-5-3-14(12-22)10-17(19)21(26)24-15-7-8-23-20(25)11-15/h3-11H,12H2,1-2H3,(H2,23,24,25,26). The molecule has 0 aliphatic carbocycles. The van der Waals surface area contributed by atoms with Crippen molar-refractivity contribution in [3.63, 3.8) is 0 Å². The van der Waals surface area contributed by atoms with E-state index in [0.717, 1.165) is 5.56 Å². The fraction of sp³-hybridized carbons (Fsp3) is 0.143. The first kappa shape index (κ1) is 19.2. The molecule has 0 unspecified atom stereocenters. The van der Waals surface area contributed by atoms with Gasteiger partial charge in [-0.3, -0.25) is 9.59 Å². The molecular weight excluding hydrogens is 363 g/mol. The van der Waals surface area contributed by atoms with Crippen molar-refractivity contribution in [2.45, 2.75) is 13.6 Å². The molecule has 0 fully saturated rings. The van der Waals surface area contributed by atoms with Crippen molar-refractivity contribution in [2.75, 3.05) is 12.4 Å². The Bertz CT molecular complexity index is 1060. The van der Waals surface area contributed by atoms with Crippen LogP contribution in [0, 0.1) is 6.92 Å². The lowest BCUT2D eigenvalue weighted by molar-refractivity contribution is 0.102. The second-order valence-electron chi connectivity index (χ2n) is 6.09. The molecular formula is C21H19FN2O4. The van der Waals surface area contributed by atoms with E-state index >= 15 is 0 Å². The first-order valence-electron chi connectivity index (χ1n) is 8.51. The summed E-state index contributed by atoms with van der Waals surface area (Å²) < 4.78 is 24.2. The van der Waals surface area contributed by atoms with E-state index in [9.17, 15) is 14.0 Å². The summed E-state index contributed by atoms with van der Waals surface area (Å²) in [7, 11) is 1.57. The zero-order chi connectivity index (χ0) is 20.1. The van der Waals surface area contributed by atoms with Gasteiger partial charge in [-0.15, -0.1) is 0 Å². The Morgan fingerprint density at radius 3 is 2.57 bits per heavy atom. The molecule has 0 atom stereocenters. The van der Waals surface area contributed by atoms with Crippen molar-refractivity contribution in [1.82, 2.24) is 4.98 Å². The number of hydrogen-bond acceptors (Lipinski definition) is 4. The number of carbonyl (C=O) groups is 1. The van der Waals surface area contributed by atoms with Crippen LogP contribution in [0.15, 0.2) is 59.5 Å². The van der Waals surface area contributed by atoms with Crippen molar-refractivity contribution in [1.29, 1.82) is 0 Å². The number of ether oxygens (including phenoxy) is 2. The number of hydrogen-bond donors (Lipinski definition) is 2. The molecule has 0 aliphatic rings. The summed E-state index contributed by atoms with van der Waals surface area (Å²) in [5, 5.41) is 2.63. The van der Waals surface area contributed by atoms with E-state index in [1.807, 2.05) is 6.92 Å². The van der Waals surface area contributed by atoms with Crippen LogP contribution < -0.4 is 20.3 Å². The van der Waals surface area contributed by atoms with Crippen molar-refractivity contribution < 1.29 is 18.7 Å². The second-order valence-corrected chi connectivity index (χ2v) is 6.09. The van der Waals surface area contributed by atoms with Crippen LogP contribution in [0.4, 0.5) is 10.1 Å². The summed E-state index contributed by atoms with van der Waals surface area (Å²) >= 11 is 0. The number of halogens is 1. The zero-order valence-corrected chi connectivity index (χ0v) is 15.4. The smallest absolute Gasteiger partial charge is 0.259 e. The third kappa shape index (κ3) is 4.37. The van der Waals surface area contributed by atoms with Gasteiger partial charge in [0.25, 0.3) is 5.91 Å². The number of aromatic amines is 1. The molecule has 0 bridgehead atoms. The van der Waals surface area contributed by atoms with Crippen LogP contribution in [0.25, 0.3) is 0 Å². The van der Waals surface area contributed by atoms with Crippen LogP contribution in [0.3, 0.4) is 0 Å². The number of H-pyrrole nitrogens is 1. The first-order valence-corrected chi connectivity index (χ1v) is 8.51. The molecule has 0 saturated heterocycles. The fourth-order valence-corrected chi connectivity index (χ4v) is 2.63. The minimum atomic E-state index is -0.715. The van der Waals surface area contributed by atoms with Gasteiger partial charge in [0, 0.05) is 18.0 Å². The van der Waals surface area contributed by atoms with Gasteiger partial charge in [0.05, 0.1) is 12.7 Å². The van der Waals surface area contributed by atoms with Crippen LogP contribution in [0.5, 0.6) is 17.2 Å². The highest BCUT2D eigenvalue weighted by molar-refractivity contribution is 6.06. The molecule has 0 saturated carbocycles. The molecule has 1 aromatic heterocycles. The number of amides is 1. The molecule has 0 radical (unpaired) electrons. The molecule has 2 aromatic carbocycles. The monoisotopic (exact) mass is 382 g/mol. The van der Waals surface area contributed by atoms with E-state index in [0.29, 0.717) is 22.7 Å². The Morgan fingerprint density at radius 1 is 1.11 bits per heavy atom. The van der Waals surface area contributed by atoms with E-state index < -0.39 is 12.6 Å². The summed E-state index contributed by atoms with van der Waals surface area (Å²) in [5.41, 5.74) is 1.29. The molecule has 3 aromatic rings. The van der Waals surface area contributed by atoms with Crippen molar-refractivity contribution in [3.05, 3.63) is 81.8 Å². The van der Waals surface area contributed by atoms with E-state index in [2.05, 4.69) is 10.3 Å². The topological polar surface area (TPSA) is 80.4 Å². The Labute approximate surface area is 160 Å². The van der Waals surface area contributed by atoms with Crippen LogP contribution in [0.1, 0.15) is 21.5 Å². The number of anilines is 1. The zero-order valence-electron chi connectivity index (χ0n) is 15.4. The second kappa shape index (κ2) is 8.39. The summed E-state index contributed by atoms with van der Waals surface area (Å²) in [6.45, 7) is 1.14. The molecule has 2 N–H and O–H groups in total. The highest BCUT2D eigenvalue weighted by Crippen LogP contribution is 2.31. The van der Waals surface area contributed by atoms with Gasteiger partial charge < -0.3 is 19.8 Å². The quantitative estimate of drug-likeness (QED) is 0.669. The molecule has 28 heavy (non-hydrogen) atoms. The van der Waals surface area contributed by atoms with Crippen LogP contribution in [0.2, 0.25) is 0 Å². The van der Waals surface area contributed by atoms with Gasteiger partial charge in [0.15, 0.2) is 0 Å². The van der Waals surface area contributed by atoms with Gasteiger partial charge in [-0.25, -0.2) is 4.39 Å². The maximum atomic E-state index is 13.1. The lowest BCUT2D eigenvalue weighted by atomic mass is 10.1. The average molecular weight is 382 g/mol. The van der Waals surface area contributed by atoms with Crippen LogP contribution in [-0.4, -0.2) is 18.0 Å². The predicted octanol–water partition coefficient (Wildman–Crippen LogP) is 4.21. The van der Waals surface area contributed by atoms with Crippen molar-refractivity contribution in [2.24, 2.45) is 0 Å². The maximum absolute atomic E-state index is 13.1. The summed E-state index contributed by atoms with van der Waals surface area (Å²) in [6, 6.07) is 12.6. The highest BCUT2D eigenvalue weighted by Gasteiger charge is 2.16. The molecule has 1 amide bonds. The maximum Gasteiger partial charge on any atom is 0.259 e. The summed E-state index contributed by atoms with van der Waals surface area (Å²) in [4.78, 5) is 26.6. The molecule has 6 nitrogen and oxygen atoms in total. The lowest BCUT2D eigenvalue weighted by Gasteiger charge is -2.14. The number of benzene rings is 2. The third-order valence-corrected chi connectivity index (χ3v) is 4.08. The van der Waals surface area contributed by atoms with Crippen molar-refractivity contribution in [3.8, 4) is 17.2 Å². The van der Waals surface area contributed by atoms with E-state index in [-0.39, 0.29) is 16.9 Å². The Balaban J connectivity index is 1.93.